The lowest BCUT2D eigenvalue weighted by atomic mass is 9.89. The molecule has 0 saturated heterocycles. The first-order chi connectivity index (χ1) is 12.9. The predicted octanol–water partition coefficient (Wildman–Crippen LogP) is 2.28. The summed E-state index contributed by atoms with van der Waals surface area (Å²) in [6.45, 7) is 1.82. The summed E-state index contributed by atoms with van der Waals surface area (Å²) in [5.74, 6) is -2.47. The van der Waals surface area contributed by atoms with E-state index in [1.165, 1.54) is 36.1 Å². The van der Waals surface area contributed by atoms with E-state index >= 15 is 0 Å². The molecule has 0 aromatic heterocycles. The van der Waals surface area contributed by atoms with Gasteiger partial charge in [0.15, 0.2) is 0 Å². The first-order valence-electron chi connectivity index (χ1n) is 9.07. The zero-order valence-corrected chi connectivity index (χ0v) is 15.2. The number of imide groups is 1. The van der Waals surface area contributed by atoms with Crippen LogP contribution in [0.15, 0.2) is 42.5 Å². The summed E-state index contributed by atoms with van der Waals surface area (Å²) in [5, 5.41) is 4.74. The maximum atomic E-state index is 12.1. The number of rotatable bonds is 3. The van der Waals surface area contributed by atoms with Gasteiger partial charge >= 0.3 is 11.8 Å². The predicted molar refractivity (Wildman–Crippen MR) is 103 cm³/mol. The van der Waals surface area contributed by atoms with E-state index in [1.54, 1.807) is 12.1 Å². The topological polar surface area (TPSA) is 101 Å². The molecule has 0 fully saturated rings. The molecular weight excluding hydrogens is 342 g/mol. The van der Waals surface area contributed by atoms with Gasteiger partial charge in [-0.3, -0.25) is 19.7 Å². The third-order valence-corrected chi connectivity index (χ3v) is 4.83. The smallest absolute Gasteiger partial charge is 0.316 e. The lowest BCUT2D eigenvalue weighted by Gasteiger charge is -2.19. The van der Waals surface area contributed by atoms with Crippen LogP contribution in [0.1, 0.15) is 52.9 Å². The maximum absolute atomic E-state index is 12.1. The van der Waals surface area contributed by atoms with Crippen molar-refractivity contribution in [2.75, 3.05) is 5.73 Å². The minimum atomic E-state index is -0.985. The second kappa shape index (κ2) is 8.03. The average molecular weight is 365 g/mol. The molecule has 4 N–H and O–H groups in total. The third-order valence-electron chi connectivity index (χ3n) is 4.83. The van der Waals surface area contributed by atoms with Crippen molar-refractivity contribution in [1.82, 2.24) is 10.6 Å². The van der Waals surface area contributed by atoms with Gasteiger partial charge in [0.1, 0.15) is 0 Å². The van der Waals surface area contributed by atoms with Crippen LogP contribution < -0.4 is 16.4 Å². The van der Waals surface area contributed by atoms with Gasteiger partial charge in [0.2, 0.25) is 0 Å². The number of amides is 3. The van der Waals surface area contributed by atoms with Gasteiger partial charge in [0, 0.05) is 11.3 Å². The summed E-state index contributed by atoms with van der Waals surface area (Å²) in [6.07, 6.45) is 4.51. The van der Waals surface area contributed by atoms with Gasteiger partial charge in [-0.05, 0) is 73.6 Å². The molecule has 0 spiro atoms. The Hall–Kier alpha value is -3.15. The highest BCUT2D eigenvalue weighted by molar-refractivity contribution is 6.38. The van der Waals surface area contributed by atoms with Gasteiger partial charge in [-0.15, -0.1) is 0 Å². The Labute approximate surface area is 158 Å². The number of fused-ring (bicyclic) bond motifs is 1. The first kappa shape index (κ1) is 18.6. The molecule has 6 nitrogen and oxygen atoms in total. The SMILES string of the molecule is CC(NC(=O)C(=O)NC(=O)c1ccc(N)cc1)c1ccc2c(c1)CCCC2. The van der Waals surface area contributed by atoms with Crippen LogP contribution in [0.5, 0.6) is 0 Å². The molecule has 0 bridgehead atoms. The number of benzene rings is 2. The fourth-order valence-electron chi connectivity index (χ4n) is 3.23. The van der Waals surface area contributed by atoms with Gasteiger partial charge in [-0.25, -0.2) is 0 Å². The lowest BCUT2D eigenvalue weighted by molar-refractivity contribution is -0.139. The molecule has 0 radical (unpaired) electrons. The van der Waals surface area contributed by atoms with Gasteiger partial charge in [0.05, 0.1) is 6.04 Å². The Balaban J connectivity index is 1.59. The van der Waals surface area contributed by atoms with Crippen LogP contribution in [-0.2, 0) is 22.4 Å². The van der Waals surface area contributed by atoms with Crippen molar-refractivity contribution >= 4 is 23.4 Å². The van der Waals surface area contributed by atoms with Crippen molar-refractivity contribution in [3.8, 4) is 0 Å². The number of carbonyl (C=O) groups is 3. The number of nitrogens with one attached hydrogen (secondary N) is 2. The fraction of sp³-hybridized carbons (Fsp3) is 0.286. The van der Waals surface area contributed by atoms with E-state index in [0.717, 1.165) is 18.4 Å². The molecule has 0 aliphatic heterocycles. The van der Waals surface area contributed by atoms with Crippen LogP contribution in [0.4, 0.5) is 5.69 Å². The number of aryl methyl sites for hydroxylation is 2. The molecule has 0 heterocycles. The highest BCUT2D eigenvalue weighted by atomic mass is 16.2. The zero-order chi connectivity index (χ0) is 19.4. The van der Waals surface area contributed by atoms with E-state index in [2.05, 4.69) is 22.8 Å². The molecule has 3 rings (SSSR count). The van der Waals surface area contributed by atoms with Crippen molar-refractivity contribution in [3.63, 3.8) is 0 Å². The van der Waals surface area contributed by atoms with E-state index in [9.17, 15) is 14.4 Å². The minimum Gasteiger partial charge on any atom is -0.399 e. The molecule has 1 atom stereocenters. The number of carbonyl (C=O) groups excluding carboxylic acids is 3. The van der Waals surface area contributed by atoms with E-state index in [1.807, 2.05) is 13.0 Å². The molecule has 27 heavy (non-hydrogen) atoms. The number of nitrogens with two attached hydrogens (primary N) is 1. The van der Waals surface area contributed by atoms with E-state index in [-0.39, 0.29) is 11.6 Å². The number of anilines is 1. The Bertz CT molecular complexity index is 875. The summed E-state index contributed by atoms with van der Waals surface area (Å²) >= 11 is 0. The highest BCUT2D eigenvalue weighted by Crippen LogP contribution is 2.24. The summed E-state index contributed by atoms with van der Waals surface area (Å²) in [6, 6.07) is 11.9. The zero-order valence-electron chi connectivity index (χ0n) is 15.2. The molecule has 6 heteroatoms. The summed E-state index contributed by atoms with van der Waals surface area (Å²) in [5.41, 5.74) is 9.94. The van der Waals surface area contributed by atoms with Crippen LogP contribution in [-0.4, -0.2) is 17.7 Å². The van der Waals surface area contributed by atoms with Crippen molar-refractivity contribution < 1.29 is 14.4 Å². The van der Waals surface area contributed by atoms with Crippen molar-refractivity contribution in [2.45, 2.75) is 38.6 Å². The van der Waals surface area contributed by atoms with Crippen molar-refractivity contribution in [3.05, 3.63) is 64.7 Å². The van der Waals surface area contributed by atoms with Gasteiger partial charge in [0.25, 0.3) is 5.91 Å². The molecule has 0 saturated carbocycles. The van der Waals surface area contributed by atoms with Gasteiger partial charge in [-0.2, -0.15) is 0 Å². The largest absolute Gasteiger partial charge is 0.399 e. The molecule has 2 aromatic carbocycles. The fourth-order valence-corrected chi connectivity index (χ4v) is 3.23. The van der Waals surface area contributed by atoms with Crippen molar-refractivity contribution in [1.29, 1.82) is 0 Å². The third kappa shape index (κ3) is 4.53. The Morgan fingerprint density at radius 1 is 0.926 bits per heavy atom. The highest BCUT2D eigenvalue weighted by Gasteiger charge is 2.21. The summed E-state index contributed by atoms with van der Waals surface area (Å²) < 4.78 is 0. The monoisotopic (exact) mass is 365 g/mol. The molecule has 140 valence electrons. The van der Waals surface area contributed by atoms with Crippen LogP contribution in [0, 0.1) is 0 Å². The number of hydrogen-bond donors (Lipinski definition) is 3. The molecule has 1 aliphatic rings. The van der Waals surface area contributed by atoms with Crippen molar-refractivity contribution in [2.24, 2.45) is 0 Å². The second-order valence-electron chi connectivity index (χ2n) is 6.84. The summed E-state index contributed by atoms with van der Waals surface area (Å²) in [7, 11) is 0. The minimum absolute atomic E-state index is 0.257. The Morgan fingerprint density at radius 3 is 2.30 bits per heavy atom. The van der Waals surface area contributed by atoms with Crippen LogP contribution in [0.2, 0.25) is 0 Å². The Kier molecular flexibility index (Phi) is 5.54. The average Bonchev–Trinajstić information content (AvgIpc) is 2.67. The number of nitrogen functional groups attached to an aromatic ring is 1. The molecule has 1 aliphatic carbocycles. The quantitative estimate of drug-likeness (QED) is 0.574. The van der Waals surface area contributed by atoms with Gasteiger partial charge < -0.3 is 11.1 Å². The summed E-state index contributed by atoms with van der Waals surface area (Å²) in [4.78, 5) is 36.2. The maximum Gasteiger partial charge on any atom is 0.316 e. The van der Waals surface area contributed by atoms with Crippen LogP contribution >= 0.6 is 0 Å². The molecule has 3 amide bonds. The molecule has 2 aromatic rings. The van der Waals surface area contributed by atoms with E-state index in [0.29, 0.717) is 5.69 Å². The standard InChI is InChI=1S/C21H23N3O3/c1-13(16-7-6-14-4-2-3-5-17(14)12-16)23-20(26)21(27)24-19(25)15-8-10-18(22)11-9-15/h6-13H,2-5,22H2,1H3,(H,23,26)(H,24,25,27). The van der Waals surface area contributed by atoms with E-state index < -0.39 is 17.7 Å². The van der Waals surface area contributed by atoms with E-state index in [4.69, 9.17) is 5.73 Å². The Morgan fingerprint density at radius 2 is 1.59 bits per heavy atom. The van der Waals surface area contributed by atoms with Crippen LogP contribution in [0.25, 0.3) is 0 Å². The molecule has 1 unspecified atom stereocenters. The second-order valence-corrected chi connectivity index (χ2v) is 6.84. The van der Waals surface area contributed by atoms with Crippen LogP contribution in [0.3, 0.4) is 0 Å². The molecular formula is C21H23N3O3. The lowest BCUT2D eigenvalue weighted by Crippen LogP contribution is -2.43. The number of hydrogen-bond acceptors (Lipinski definition) is 4. The van der Waals surface area contributed by atoms with Gasteiger partial charge in [-0.1, -0.05) is 18.2 Å². The first-order valence-corrected chi connectivity index (χ1v) is 9.07. The normalized spacial score (nSPS) is 14.0.